The number of aromatic nitrogens is 1. The number of thiazole rings is 1. The van der Waals surface area contributed by atoms with Crippen molar-refractivity contribution in [1.29, 1.82) is 0 Å². The second-order valence-electron chi connectivity index (χ2n) is 7.26. The first kappa shape index (κ1) is 20.2. The summed E-state index contributed by atoms with van der Waals surface area (Å²) in [5.74, 6) is -0.00818. The van der Waals surface area contributed by atoms with Gasteiger partial charge < -0.3 is 10.1 Å². The Morgan fingerprint density at radius 2 is 2.24 bits per heavy atom. The maximum atomic E-state index is 12.8. The molecule has 1 unspecified atom stereocenters. The molecule has 1 aliphatic rings. The van der Waals surface area contributed by atoms with Gasteiger partial charge in [0.05, 0.1) is 23.4 Å². The van der Waals surface area contributed by atoms with Crippen molar-refractivity contribution in [3.05, 3.63) is 57.0 Å². The molecule has 0 saturated carbocycles. The van der Waals surface area contributed by atoms with Crippen molar-refractivity contribution in [3.63, 3.8) is 0 Å². The van der Waals surface area contributed by atoms with E-state index in [9.17, 15) is 4.79 Å². The monoisotopic (exact) mass is 427 g/mol. The van der Waals surface area contributed by atoms with Gasteiger partial charge in [0.25, 0.3) is 0 Å². The van der Waals surface area contributed by atoms with E-state index in [0.29, 0.717) is 6.54 Å². The van der Waals surface area contributed by atoms with Gasteiger partial charge in [-0.1, -0.05) is 18.2 Å². The molecule has 3 aromatic rings. The largest absolute Gasteiger partial charge is 0.377 e. The molecule has 7 heteroatoms. The SMILES string of the molecule is Cc1nc(-c2cccc(NC(=O)CN(Cc3cccs3)CC3CCCO3)c2)cs1. The van der Waals surface area contributed by atoms with E-state index in [0.717, 1.165) is 54.5 Å². The Balaban J connectivity index is 1.40. The maximum absolute atomic E-state index is 12.8. The van der Waals surface area contributed by atoms with E-state index in [1.807, 2.05) is 36.6 Å². The standard InChI is InChI=1S/C22H25N3O2S2/c1-16-23-21(15-29-16)17-5-2-6-18(11-17)24-22(26)14-25(12-19-7-3-9-27-19)13-20-8-4-10-28-20/h2,4-6,8,10-11,15,19H,3,7,9,12-14H2,1H3,(H,24,26). The number of anilines is 1. The Bertz CT molecular complexity index is 933. The molecule has 0 spiro atoms. The Morgan fingerprint density at radius 3 is 2.97 bits per heavy atom. The molecule has 2 aromatic heterocycles. The number of ether oxygens (including phenoxy) is 1. The van der Waals surface area contributed by atoms with Crippen LogP contribution in [0.5, 0.6) is 0 Å². The minimum atomic E-state index is -0.00818. The lowest BCUT2D eigenvalue weighted by molar-refractivity contribution is -0.117. The van der Waals surface area contributed by atoms with Crippen molar-refractivity contribution in [3.8, 4) is 11.3 Å². The van der Waals surface area contributed by atoms with Crippen LogP contribution in [0.15, 0.2) is 47.2 Å². The highest BCUT2D eigenvalue weighted by Crippen LogP contribution is 2.24. The lowest BCUT2D eigenvalue weighted by Crippen LogP contribution is -2.37. The van der Waals surface area contributed by atoms with Gasteiger partial charge in [-0.2, -0.15) is 0 Å². The van der Waals surface area contributed by atoms with Crippen LogP contribution in [-0.2, 0) is 16.1 Å². The highest BCUT2D eigenvalue weighted by Gasteiger charge is 2.21. The number of thiophene rings is 1. The van der Waals surface area contributed by atoms with Gasteiger partial charge in [0, 0.05) is 41.2 Å². The number of amides is 1. The van der Waals surface area contributed by atoms with Gasteiger partial charge >= 0.3 is 0 Å². The Morgan fingerprint density at radius 1 is 1.31 bits per heavy atom. The van der Waals surface area contributed by atoms with Crippen molar-refractivity contribution in [1.82, 2.24) is 9.88 Å². The summed E-state index contributed by atoms with van der Waals surface area (Å²) in [7, 11) is 0. The normalized spacial score (nSPS) is 16.4. The van der Waals surface area contributed by atoms with E-state index >= 15 is 0 Å². The van der Waals surface area contributed by atoms with Gasteiger partial charge in [0.1, 0.15) is 0 Å². The molecule has 1 aromatic carbocycles. The third-order valence-corrected chi connectivity index (χ3v) is 6.51. The first-order valence-corrected chi connectivity index (χ1v) is 11.6. The third kappa shape index (κ3) is 5.73. The second-order valence-corrected chi connectivity index (χ2v) is 9.36. The molecular formula is C22H25N3O2S2. The van der Waals surface area contributed by atoms with Crippen molar-refractivity contribution in [2.45, 2.75) is 32.4 Å². The highest BCUT2D eigenvalue weighted by atomic mass is 32.1. The van der Waals surface area contributed by atoms with E-state index < -0.39 is 0 Å². The Labute approximate surface area is 179 Å². The lowest BCUT2D eigenvalue weighted by atomic mass is 10.1. The number of nitrogens with zero attached hydrogens (tertiary/aromatic N) is 2. The first-order valence-electron chi connectivity index (χ1n) is 9.84. The topological polar surface area (TPSA) is 54.5 Å². The predicted octanol–water partition coefficient (Wildman–Crippen LogP) is 4.80. The van der Waals surface area contributed by atoms with Crippen LogP contribution in [0.2, 0.25) is 0 Å². The van der Waals surface area contributed by atoms with Crippen LogP contribution < -0.4 is 5.32 Å². The molecule has 1 amide bonds. The smallest absolute Gasteiger partial charge is 0.238 e. The molecule has 1 saturated heterocycles. The number of hydrogen-bond acceptors (Lipinski definition) is 6. The van der Waals surface area contributed by atoms with E-state index in [2.05, 4.69) is 32.7 Å². The number of benzene rings is 1. The Kier molecular flexibility index (Phi) is 6.71. The van der Waals surface area contributed by atoms with Crippen LogP contribution in [0.1, 0.15) is 22.7 Å². The van der Waals surface area contributed by atoms with Crippen molar-refractivity contribution in [2.75, 3.05) is 25.0 Å². The molecule has 1 aliphatic heterocycles. The van der Waals surface area contributed by atoms with Crippen molar-refractivity contribution < 1.29 is 9.53 Å². The molecule has 3 heterocycles. The molecule has 1 fully saturated rings. The molecule has 5 nitrogen and oxygen atoms in total. The van der Waals surface area contributed by atoms with Crippen LogP contribution in [0.3, 0.4) is 0 Å². The summed E-state index contributed by atoms with van der Waals surface area (Å²) in [6, 6.07) is 12.0. The fourth-order valence-electron chi connectivity index (χ4n) is 3.54. The van der Waals surface area contributed by atoms with Gasteiger partial charge in [-0.25, -0.2) is 4.98 Å². The van der Waals surface area contributed by atoms with Crippen LogP contribution >= 0.6 is 22.7 Å². The number of nitrogens with one attached hydrogen (secondary N) is 1. The van der Waals surface area contributed by atoms with Gasteiger partial charge in [-0.05, 0) is 43.3 Å². The summed E-state index contributed by atoms with van der Waals surface area (Å²) >= 11 is 3.35. The van der Waals surface area contributed by atoms with Gasteiger partial charge in [-0.15, -0.1) is 22.7 Å². The first-order chi connectivity index (χ1) is 14.2. The van der Waals surface area contributed by atoms with Crippen molar-refractivity contribution >= 4 is 34.3 Å². The van der Waals surface area contributed by atoms with E-state index in [-0.39, 0.29) is 12.0 Å². The summed E-state index contributed by atoms with van der Waals surface area (Å²) in [5, 5.41) is 8.20. The summed E-state index contributed by atoms with van der Waals surface area (Å²) in [6.45, 7) is 4.72. The lowest BCUT2D eigenvalue weighted by Gasteiger charge is -2.24. The number of rotatable bonds is 8. The number of hydrogen-bond donors (Lipinski definition) is 1. The van der Waals surface area contributed by atoms with Gasteiger partial charge in [0.2, 0.25) is 5.91 Å². The number of aryl methyl sites for hydroxylation is 1. The van der Waals surface area contributed by atoms with E-state index in [1.54, 1.807) is 22.7 Å². The number of carbonyl (C=O) groups is 1. The zero-order valence-corrected chi connectivity index (χ0v) is 18.1. The van der Waals surface area contributed by atoms with Gasteiger partial charge in [-0.3, -0.25) is 9.69 Å². The van der Waals surface area contributed by atoms with Crippen LogP contribution in [0.25, 0.3) is 11.3 Å². The summed E-state index contributed by atoms with van der Waals surface area (Å²) in [5.41, 5.74) is 2.76. The zero-order valence-electron chi connectivity index (χ0n) is 16.5. The molecule has 1 atom stereocenters. The number of carbonyl (C=O) groups excluding carboxylic acids is 1. The average molecular weight is 428 g/mol. The fraction of sp³-hybridized carbons (Fsp3) is 0.364. The predicted molar refractivity (Wildman–Crippen MR) is 119 cm³/mol. The summed E-state index contributed by atoms with van der Waals surface area (Å²) in [4.78, 5) is 20.8. The summed E-state index contributed by atoms with van der Waals surface area (Å²) in [6.07, 6.45) is 2.39. The Hall–Kier alpha value is -2.06. The minimum Gasteiger partial charge on any atom is -0.377 e. The molecule has 1 N–H and O–H groups in total. The molecule has 0 bridgehead atoms. The molecule has 152 valence electrons. The molecule has 0 radical (unpaired) electrons. The van der Waals surface area contributed by atoms with Crippen LogP contribution in [0, 0.1) is 6.92 Å². The van der Waals surface area contributed by atoms with E-state index in [1.165, 1.54) is 4.88 Å². The minimum absolute atomic E-state index is 0.00818. The van der Waals surface area contributed by atoms with E-state index in [4.69, 9.17) is 4.74 Å². The quantitative estimate of drug-likeness (QED) is 0.561. The average Bonchev–Trinajstić information content (AvgIpc) is 3.45. The zero-order chi connectivity index (χ0) is 20.1. The maximum Gasteiger partial charge on any atom is 0.238 e. The van der Waals surface area contributed by atoms with Crippen molar-refractivity contribution in [2.24, 2.45) is 0 Å². The van der Waals surface area contributed by atoms with Gasteiger partial charge in [0.15, 0.2) is 0 Å². The molecule has 4 rings (SSSR count). The van der Waals surface area contributed by atoms with Crippen LogP contribution in [-0.4, -0.2) is 41.6 Å². The molecule has 0 aliphatic carbocycles. The molecular weight excluding hydrogens is 402 g/mol. The van der Waals surface area contributed by atoms with Crippen LogP contribution in [0.4, 0.5) is 5.69 Å². The second kappa shape index (κ2) is 9.63. The molecule has 29 heavy (non-hydrogen) atoms. The highest BCUT2D eigenvalue weighted by molar-refractivity contribution is 7.10. The summed E-state index contributed by atoms with van der Waals surface area (Å²) < 4.78 is 5.79. The fourth-order valence-corrected chi connectivity index (χ4v) is 4.91. The third-order valence-electron chi connectivity index (χ3n) is 4.87.